The number of benzene rings is 1. The number of rotatable bonds is 10. The lowest BCUT2D eigenvalue weighted by molar-refractivity contribution is 0.589. The van der Waals surface area contributed by atoms with Crippen molar-refractivity contribution in [3.8, 4) is 11.4 Å². The predicted octanol–water partition coefficient (Wildman–Crippen LogP) is 6.17. The normalized spacial score (nSPS) is 10.4. The van der Waals surface area contributed by atoms with E-state index in [9.17, 15) is 0 Å². The van der Waals surface area contributed by atoms with Gasteiger partial charge >= 0.3 is 0 Å². The van der Waals surface area contributed by atoms with E-state index < -0.39 is 0 Å². The van der Waals surface area contributed by atoms with Gasteiger partial charge in [0.2, 0.25) is 0 Å². The summed E-state index contributed by atoms with van der Waals surface area (Å²) in [5, 5.41) is 2.37. The number of thiocarbonyl (C=S) groups is 1. The first-order valence-corrected chi connectivity index (χ1v) is 9.23. The molecule has 0 aliphatic heterocycles. The summed E-state index contributed by atoms with van der Waals surface area (Å²) in [6.07, 6.45) is 14.2. The fourth-order valence-electron chi connectivity index (χ4n) is 2.66. The Hall–Kier alpha value is -1.90. The van der Waals surface area contributed by atoms with Gasteiger partial charge in [-0.05, 0) is 54.9 Å². The van der Waals surface area contributed by atoms with Crippen molar-refractivity contribution in [2.75, 3.05) is 0 Å². The monoisotopic (exact) mass is 339 g/mol. The third-order valence-electron chi connectivity index (χ3n) is 4.07. The molecule has 126 valence electrons. The highest BCUT2D eigenvalue weighted by Gasteiger charge is 2.02. The van der Waals surface area contributed by atoms with Crippen molar-refractivity contribution in [2.45, 2.75) is 58.3 Å². The lowest BCUT2D eigenvalue weighted by atomic mass is 10.1. The molecule has 0 N–H and O–H groups in total. The van der Waals surface area contributed by atoms with Crippen molar-refractivity contribution >= 4 is 23.1 Å². The van der Waals surface area contributed by atoms with Crippen LogP contribution in [0, 0.1) is 0 Å². The molecule has 0 radical (unpaired) electrons. The van der Waals surface area contributed by atoms with Gasteiger partial charge in [-0.15, -0.1) is 0 Å². The van der Waals surface area contributed by atoms with Crippen LogP contribution in [0.3, 0.4) is 0 Å². The molecule has 0 amide bonds. The molecular weight excluding hydrogens is 314 g/mol. The van der Waals surface area contributed by atoms with Gasteiger partial charge in [0.05, 0.1) is 10.8 Å². The van der Waals surface area contributed by atoms with Crippen molar-refractivity contribution in [1.29, 1.82) is 0 Å². The molecule has 2 aromatic rings. The van der Waals surface area contributed by atoms with E-state index in [0.717, 1.165) is 23.5 Å². The van der Waals surface area contributed by atoms with Crippen LogP contribution in [0.4, 0.5) is 5.69 Å². The summed E-state index contributed by atoms with van der Waals surface area (Å²) in [5.74, 6) is 0.746. The molecule has 0 bridgehead atoms. The van der Waals surface area contributed by atoms with E-state index in [2.05, 4.69) is 39.3 Å². The number of aliphatic imine (C=N–C) groups is 1. The fraction of sp³-hybridized carbons (Fsp3) is 0.450. The van der Waals surface area contributed by atoms with Crippen molar-refractivity contribution in [1.82, 2.24) is 9.97 Å². The summed E-state index contributed by atoms with van der Waals surface area (Å²) in [6, 6.07) is 7.70. The summed E-state index contributed by atoms with van der Waals surface area (Å²) in [4.78, 5) is 12.9. The van der Waals surface area contributed by atoms with E-state index in [1.54, 1.807) is 0 Å². The van der Waals surface area contributed by atoms with Crippen LogP contribution in [0.1, 0.15) is 57.4 Å². The molecule has 0 fully saturated rings. The van der Waals surface area contributed by atoms with Crippen molar-refractivity contribution < 1.29 is 0 Å². The Labute approximate surface area is 150 Å². The molecule has 0 atom stereocenters. The van der Waals surface area contributed by atoms with Gasteiger partial charge in [-0.1, -0.05) is 45.4 Å². The second kappa shape index (κ2) is 10.8. The van der Waals surface area contributed by atoms with Crippen LogP contribution in [-0.2, 0) is 6.42 Å². The average molecular weight is 340 g/mol. The number of hydrogen-bond acceptors (Lipinski definition) is 4. The quantitative estimate of drug-likeness (QED) is 0.295. The molecule has 0 spiro atoms. The lowest BCUT2D eigenvalue weighted by Crippen LogP contribution is -1.93. The Morgan fingerprint density at radius 3 is 2.17 bits per heavy atom. The number of aromatic nitrogens is 2. The fourth-order valence-corrected chi connectivity index (χ4v) is 2.76. The molecule has 0 saturated carbocycles. The Bertz CT molecular complexity index is 644. The maximum Gasteiger partial charge on any atom is 0.159 e. The van der Waals surface area contributed by atoms with Gasteiger partial charge in [-0.2, -0.15) is 4.99 Å². The standard InChI is InChI=1S/C20H25N3S/c1-2-3-4-5-6-7-8-9-17-14-21-20(22-15-17)18-10-12-19(13-11-18)23-16-24/h10-15H,2-9H2,1H3. The number of isothiocyanates is 1. The van der Waals surface area contributed by atoms with E-state index in [0.29, 0.717) is 0 Å². The number of nitrogens with zero attached hydrogens (tertiary/aromatic N) is 3. The van der Waals surface area contributed by atoms with Crippen LogP contribution in [0.5, 0.6) is 0 Å². The van der Waals surface area contributed by atoms with E-state index in [-0.39, 0.29) is 0 Å². The summed E-state index contributed by atoms with van der Waals surface area (Å²) in [7, 11) is 0. The smallest absolute Gasteiger partial charge is 0.159 e. The highest BCUT2D eigenvalue weighted by molar-refractivity contribution is 7.78. The first-order chi connectivity index (χ1) is 11.8. The first kappa shape index (κ1) is 18.4. The van der Waals surface area contributed by atoms with Gasteiger partial charge in [0, 0.05) is 18.0 Å². The zero-order valence-corrected chi connectivity index (χ0v) is 15.2. The highest BCUT2D eigenvalue weighted by Crippen LogP contribution is 2.19. The number of unbranched alkanes of at least 4 members (excludes halogenated alkanes) is 6. The molecular formula is C20H25N3S. The van der Waals surface area contributed by atoms with E-state index in [1.165, 1.54) is 50.5 Å². The van der Waals surface area contributed by atoms with Gasteiger partial charge in [0.1, 0.15) is 0 Å². The van der Waals surface area contributed by atoms with Gasteiger partial charge in [0.25, 0.3) is 0 Å². The minimum atomic E-state index is 0.746. The maximum absolute atomic E-state index is 4.60. The lowest BCUT2D eigenvalue weighted by Gasteiger charge is -2.04. The predicted molar refractivity (Wildman–Crippen MR) is 104 cm³/mol. The molecule has 1 aromatic carbocycles. The second-order valence-electron chi connectivity index (χ2n) is 6.04. The van der Waals surface area contributed by atoms with Gasteiger partial charge in [0.15, 0.2) is 5.82 Å². The van der Waals surface area contributed by atoms with E-state index in [1.807, 2.05) is 36.7 Å². The molecule has 2 rings (SSSR count). The topological polar surface area (TPSA) is 38.1 Å². The highest BCUT2D eigenvalue weighted by atomic mass is 32.1. The number of hydrogen-bond donors (Lipinski definition) is 0. The molecule has 24 heavy (non-hydrogen) atoms. The zero-order chi connectivity index (χ0) is 17.0. The van der Waals surface area contributed by atoms with Crippen LogP contribution in [0.15, 0.2) is 41.7 Å². The van der Waals surface area contributed by atoms with Crippen LogP contribution < -0.4 is 0 Å². The van der Waals surface area contributed by atoms with Crippen LogP contribution in [-0.4, -0.2) is 15.1 Å². The van der Waals surface area contributed by atoms with Gasteiger partial charge < -0.3 is 0 Å². The minimum absolute atomic E-state index is 0.746. The molecule has 4 heteroatoms. The Morgan fingerprint density at radius 1 is 0.917 bits per heavy atom. The van der Waals surface area contributed by atoms with Crippen LogP contribution >= 0.6 is 12.2 Å². The van der Waals surface area contributed by atoms with Crippen LogP contribution in [0.2, 0.25) is 0 Å². The molecule has 1 heterocycles. The van der Waals surface area contributed by atoms with Crippen molar-refractivity contribution in [3.63, 3.8) is 0 Å². The van der Waals surface area contributed by atoms with E-state index >= 15 is 0 Å². The third kappa shape index (κ3) is 6.31. The second-order valence-corrected chi connectivity index (χ2v) is 6.22. The van der Waals surface area contributed by atoms with Crippen molar-refractivity contribution in [2.24, 2.45) is 4.99 Å². The molecule has 1 aromatic heterocycles. The summed E-state index contributed by atoms with van der Waals surface area (Å²) >= 11 is 4.60. The summed E-state index contributed by atoms with van der Waals surface area (Å²) < 4.78 is 0. The van der Waals surface area contributed by atoms with Crippen molar-refractivity contribution in [3.05, 3.63) is 42.2 Å². The minimum Gasteiger partial charge on any atom is -0.236 e. The average Bonchev–Trinajstić information content (AvgIpc) is 2.62. The van der Waals surface area contributed by atoms with Gasteiger partial charge in [-0.3, -0.25) is 0 Å². The maximum atomic E-state index is 4.60. The Balaban J connectivity index is 1.79. The Morgan fingerprint density at radius 2 is 1.54 bits per heavy atom. The molecule has 0 aliphatic rings. The third-order valence-corrected chi connectivity index (χ3v) is 4.17. The first-order valence-electron chi connectivity index (χ1n) is 8.82. The SMILES string of the molecule is CCCCCCCCCc1cnc(-c2ccc(N=C=S)cc2)nc1. The molecule has 3 nitrogen and oxygen atoms in total. The Kier molecular flexibility index (Phi) is 8.29. The summed E-state index contributed by atoms with van der Waals surface area (Å²) in [6.45, 7) is 2.26. The molecule has 0 aliphatic carbocycles. The van der Waals surface area contributed by atoms with E-state index in [4.69, 9.17) is 0 Å². The number of aryl methyl sites for hydroxylation is 1. The zero-order valence-electron chi connectivity index (χ0n) is 14.4. The van der Waals surface area contributed by atoms with Crippen LogP contribution in [0.25, 0.3) is 11.4 Å². The van der Waals surface area contributed by atoms with Gasteiger partial charge in [-0.25, -0.2) is 9.97 Å². The largest absolute Gasteiger partial charge is 0.236 e. The molecule has 0 unspecified atom stereocenters. The molecule has 0 saturated heterocycles. The summed E-state index contributed by atoms with van der Waals surface area (Å²) in [5.41, 5.74) is 3.00.